The minimum absolute atomic E-state index is 0.144. The fourth-order valence-electron chi connectivity index (χ4n) is 4.01. The van der Waals surface area contributed by atoms with Crippen LogP contribution in [0.3, 0.4) is 0 Å². The van der Waals surface area contributed by atoms with Gasteiger partial charge in [-0.3, -0.25) is 4.79 Å². The van der Waals surface area contributed by atoms with Crippen LogP contribution in [-0.4, -0.2) is 50.2 Å². The molecule has 0 N–H and O–H groups in total. The van der Waals surface area contributed by atoms with E-state index in [1.165, 1.54) is 5.69 Å². The van der Waals surface area contributed by atoms with E-state index in [1.54, 1.807) is 13.3 Å². The van der Waals surface area contributed by atoms with Crippen LogP contribution >= 0.6 is 0 Å². The van der Waals surface area contributed by atoms with Gasteiger partial charge in [0.1, 0.15) is 11.3 Å². The van der Waals surface area contributed by atoms with Gasteiger partial charge in [-0.25, -0.2) is 9.97 Å². The lowest BCUT2D eigenvalue weighted by atomic mass is 10.2. The van der Waals surface area contributed by atoms with Gasteiger partial charge >= 0.3 is 0 Å². The summed E-state index contributed by atoms with van der Waals surface area (Å²) in [7, 11) is 1.70. The van der Waals surface area contributed by atoms with Crippen LogP contribution in [0.5, 0.6) is 0 Å². The molecule has 28 heavy (non-hydrogen) atoms. The normalized spacial score (nSPS) is 15.0. The van der Waals surface area contributed by atoms with E-state index in [4.69, 9.17) is 9.72 Å². The number of rotatable bonds is 7. The van der Waals surface area contributed by atoms with Crippen LogP contribution < -0.4 is 0 Å². The molecule has 4 heterocycles. The van der Waals surface area contributed by atoms with Crippen molar-refractivity contribution < 1.29 is 9.53 Å². The third kappa shape index (κ3) is 3.67. The van der Waals surface area contributed by atoms with Gasteiger partial charge in [0.2, 0.25) is 5.91 Å². The van der Waals surface area contributed by atoms with Crippen molar-refractivity contribution in [2.75, 3.05) is 20.3 Å². The van der Waals surface area contributed by atoms with Crippen LogP contribution in [0.2, 0.25) is 0 Å². The molecule has 0 bridgehead atoms. The Bertz CT molecular complexity index is 961. The zero-order valence-corrected chi connectivity index (χ0v) is 16.5. The Labute approximate surface area is 164 Å². The highest BCUT2D eigenvalue weighted by Gasteiger charge is 2.21. The van der Waals surface area contributed by atoms with Crippen LogP contribution in [0.4, 0.5) is 0 Å². The van der Waals surface area contributed by atoms with Crippen LogP contribution in [0.15, 0.2) is 36.7 Å². The molecular formula is C21H27N5O2. The molecule has 1 amide bonds. The second-order valence-electron chi connectivity index (χ2n) is 7.41. The Hall–Kier alpha value is -2.67. The molecule has 1 aliphatic heterocycles. The SMILES string of the molecule is COC[C@H](C)n1c(CCCC(=O)N2CCn3cccc3C2)nc2cccnc21. The fourth-order valence-corrected chi connectivity index (χ4v) is 4.01. The van der Waals surface area contributed by atoms with Crippen molar-refractivity contribution in [1.29, 1.82) is 0 Å². The highest BCUT2D eigenvalue weighted by Crippen LogP contribution is 2.21. The second-order valence-corrected chi connectivity index (χ2v) is 7.41. The summed E-state index contributed by atoms with van der Waals surface area (Å²) < 4.78 is 9.70. The molecular weight excluding hydrogens is 354 g/mol. The Morgan fingerprint density at radius 2 is 2.18 bits per heavy atom. The molecule has 3 aromatic rings. The summed E-state index contributed by atoms with van der Waals surface area (Å²) >= 11 is 0. The molecule has 0 saturated heterocycles. The van der Waals surface area contributed by atoms with Crippen molar-refractivity contribution in [2.24, 2.45) is 0 Å². The smallest absolute Gasteiger partial charge is 0.222 e. The number of carbonyl (C=O) groups excluding carboxylic acids is 1. The number of fused-ring (bicyclic) bond motifs is 2. The molecule has 1 atom stereocenters. The van der Waals surface area contributed by atoms with Gasteiger partial charge in [0.05, 0.1) is 19.2 Å². The molecule has 0 aliphatic carbocycles. The van der Waals surface area contributed by atoms with Gasteiger partial charge in [0.25, 0.3) is 0 Å². The molecule has 0 spiro atoms. The van der Waals surface area contributed by atoms with Gasteiger partial charge in [-0.1, -0.05) is 0 Å². The third-order valence-corrected chi connectivity index (χ3v) is 5.40. The van der Waals surface area contributed by atoms with Crippen molar-refractivity contribution in [3.8, 4) is 0 Å². The maximum absolute atomic E-state index is 12.7. The first-order chi connectivity index (χ1) is 13.7. The van der Waals surface area contributed by atoms with E-state index in [0.717, 1.165) is 42.9 Å². The predicted octanol–water partition coefficient (Wildman–Crippen LogP) is 2.81. The molecule has 7 nitrogen and oxygen atoms in total. The summed E-state index contributed by atoms with van der Waals surface area (Å²) in [5.74, 6) is 1.19. The highest BCUT2D eigenvalue weighted by atomic mass is 16.5. The second kappa shape index (κ2) is 8.14. The number of methoxy groups -OCH3 is 1. The topological polar surface area (TPSA) is 65.2 Å². The Morgan fingerprint density at radius 3 is 3.04 bits per heavy atom. The molecule has 4 rings (SSSR count). The van der Waals surface area contributed by atoms with Crippen molar-refractivity contribution in [2.45, 2.75) is 45.3 Å². The molecule has 0 saturated carbocycles. The molecule has 0 radical (unpaired) electrons. The Morgan fingerprint density at radius 1 is 1.29 bits per heavy atom. The van der Waals surface area contributed by atoms with E-state index in [0.29, 0.717) is 19.6 Å². The number of aromatic nitrogens is 4. The van der Waals surface area contributed by atoms with Gasteiger partial charge < -0.3 is 18.8 Å². The quantitative estimate of drug-likeness (QED) is 0.631. The largest absolute Gasteiger partial charge is 0.383 e. The first-order valence-electron chi connectivity index (χ1n) is 9.90. The van der Waals surface area contributed by atoms with Gasteiger partial charge in [0, 0.05) is 51.1 Å². The van der Waals surface area contributed by atoms with Crippen LogP contribution in [-0.2, 0) is 29.0 Å². The summed E-state index contributed by atoms with van der Waals surface area (Å²) in [4.78, 5) is 23.9. The summed E-state index contributed by atoms with van der Waals surface area (Å²) in [6.45, 7) is 5.08. The van der Waals surface area contributed by atoms with E-state index in [9.17, 15) is 4.79 Å². The molecule has 3 aromatic heterocycles. The molecule has 1 aliphatic rings. The lowest BCUT2D eigenvalue weighted by molar-refractivity contribution is -0.132. The molecule has 0 fully saturated rings. The van der Waals surface area contributed by atoms with E-state index in [-0.39, 0.29) is 11.9 Å². The van der Waals surface area contributed by atoms with Crippen LogP contribution in [0, 0.1) is 0 Å². The number of imidazole rings is 1. The van der Waals surface area contributed by atoms with Crippen molar-refractivity contribution in [3.63, 3.8) is 0 Å². The van der Waals surface area contributed by atoms with Gasteiger partial charge in [-0.05, 0) is 37.6 Å². The summed E-state index contributed by atoms with van der Waals surface area (Å²) in [5.41, 5.74) is 2.98. The number of hydrogen-bond acceptors (Lipinski definition) is 4. The number of ether oxygens (including phenoxy) is 1. The minimum Gasteiger partial charge on any atom is -0.383 e. The lowest BCUT2D eigenvalue weighted by Crippen LogP contribution is -2.37. The summed E-state index contributed by atoms with van der Waals surface area (Å²) in [5, 5.41) is 0. The maximum Gasteiger partial charge on any atom is 0.222 e. The zero-order valence-electron chi connectivity index (χ0n) is 16.5. The molecule has 0 aromatic carbocycles. The number of pyridine rings is 1. The van der Waals surface area contributed by atoms with E-state index < -0.39 is 0 Å². The molecule has 148 valence electrons. The average molecular weight is 381 g/mol. The zero-order chi connectivity index (χ0) is 19.5. The first-order valence-corrected chi connectivity index (χ1v) is 9.90. The van der Waals surface area contributed by atoms with E-state index >= 15 is 0 Å². The number of amides is 1. The Kier molecular flexibility index (Phi) is 5.43. The van der Waals surface area contributed by atoms with Crippen molar-refractivity contribution in [1.82, 2.24) is 24.0 Å². The lowest BCUT2D eigenvalue weighted by Gasteiger charge is -2.28. The van der Waals surface area contributed by atoms with Crippen LogP contribution in [0.25, 0.3) is 11.2 Å². The monoisotopic (exact) mass is 381 g/mol. The average Bonchev–Trinajstić information content (AvgIpc) is 3.31. The minimum atomic E-state index is 0.144. The summed E-state index contributed by atoms with van der Waals surface area (Å²) in [6.07, 6.45) is 5.94. The van der Waals surface area contributed by atoms with Gasteiger partial charge in [-0.2, -0.15) is 0 Å². The fraction of sp³-hybridized carbons (Fsp3) is 0.476. The Balaban J connectivity index is 1.41. The van der Waals surface area contributed by atoms with Gasteiger partial charge in [0.15, 0.2) is 5.65 Å². The number of carbonyl (C=O) groups is 1. The highest BCUT2D eigenvalue weighted by molar-refractivity contribution is 5.76. The number of nitrogens with zero attached hydrogens (tertiary/aromatic N) is 5. The predicted molar refractivity (Wildman–Crippen MR) is 107 cm³/mol. The maximum atomic E-state index is 12.7. The van der Waals surface area contributed by atoms with Crippen molar-refractivity contribution >= 4 is 17.1 Å². The first kappa shape index (κ1) is 18.7. The van der Waals surface area contributed by atoms with Crippen molar-refractivity contribution in [3.05, 3.63) is 48.2 Å². The molecule has 7 heteroatoms. The summed E-state index contributed by atoms with van der Waals surface area (Å²) in [6, 6.07) is 8.16. The standard InChI is InChI=1S/C21H27N5O2/c1-16(15-28-2)26-19(23-18-7-4-10-22-21(18)26)8-3-9-20(27)25-13-12-24-11-5-6-17(24)14-25/h4-7,10-11,16H,3,8-9,12-15H2,1-2H3/t16-/m0/s1. The number of aryl methyl sites for hydroxylation is 1. The third-order valence-electron chi connectivity index (χ3n) is 5.40. The number of hydrogen-bond donors (Lipinski definition) is 0. The van der Waals surface area contributed by atoms with Gasteiger partial charge in [-0.15, -0.1) is 0 Å². The van der Waals surface area contributed by atoms with E-state index in [2.05, 4.69) is 33.3 Å². The molecule has 0 unspecified atom stereocenters. The van der Waals surface area contributed by atoms with E-state index in [1.807, 2.05) is 23.1 Å². The van der Waals surface area contributed by atoms with Crippen LogP contribution in [0.1, 0.15) is 37.3 Å².